The fourth-order valence-electron chi connectivity index (χ4n) is 3.94. The zero-order valence-electron chi connectivity index (χ0n) is 15.6. The predicted molar refractivity (Wildman–Crippen MR) is 100.0 cm³/mol. The Morgan fingerprint density at radius 2 is 2.04 bits per heavy atom. The topological polar surface area (TPSA) is 44.8 Å². The number of hydrogen-bond donors (Lipinski definition) is 1. The summed E-state index contributed by atoms with van der Waals surface area (Å²) in [7, 11) is 0. The van der Waals surface area contributed by atoms with Gasteiger partial charge in [-0.1, -0.05) is 13.0 Å². The van der Waals surface area contributed by atoms with Crippen molar-refractivity contribution in [2.75, 3.05) is 45.9 Å². The van der Waals surface area contributed by atoms with Crippen LogP contribution in [0, 0.1) is 0 Å². The number of hydrogen-bond acceptors (Lipinski definition) is 4. The molecule has 25 heavy (non-hydrogen) atoms. The van der Waals surface area contributed by atoms with E-state index in [9.17, 15) is 4.79 Å². The Hall–Kier alpha value is -1.59. The minimum Gasteiger partial charge on any atom is -0.494 e. The minimum absolute atomic E-state index is 0.139. The van der Waals surface area contributed by atoms with Gasteiger partial charge in [-0.2, -0.15) is 0 Å². The summed E-state index contributed by atoms with van der Waals surface area (Å²) in [5.74, 6) is 1.14. The molecule has 5 heteroatoms. The van der Waals surface area contributed by atoms with Crippen molar-refractivity contribution in [2.45, 2.75) is 39.2 Å². The molecule has 1 saturated heterocycles. The SMILES string of the molecule is CCCOc1ccc2c(c1)C(N1CCN(CC(=O)NCC)CC1)CC2. The highest BCUT2D eigenvalue weighted by Crippen LogP contribution is 2.38. The van der Waals surface area contributed by atoms with Gasteiger partial charge in [0.15, 0.2) is 0 Å². The number of piperazine rings is 1. The number of benzene rings is 1. The molecule has 1 fully saturated rings. The third-order valence-electron chi connectivity index (χ3n) is 5.23. The molecular formula is C20H31N3O2. The molecule has 0 radical (unpaired) electrons. The maximum absolute atomic E-state index is 11.8. The molecule has 1 N–H and O–H groups in total. The van der Waals surface area contributed by atoms with E-state index < -0.39 is 0 Å². The Bertz CT molecular complexity index is 582. The van der Waals surface area contributed by atoms with Crippen molar-refractivity contribution in [3.05, 3.63) is 29.3 Å². The largest absolute Gasteiger partial charge is 0.494 e. The van der Waals surface area contributed by atoms with Gasteiger partial charge in [0.1, 0.15) is 5.75 Å². The molecule has 1 atom stereocenters. The summed E-state index contributed by atoms with van der Waals surface area (Å²) in [4.78, 5) is 16.6. The third-order valence-corrected chi connectivity index (χ3v) is 5.23. The van der Waals surface area contributed by atoms with Crippen molar-refractivity contribution in [1.82, 2.24) is 15.1 Å². The van der Waals surface area contributed by atoms with E-state index in [-0.39, 0.29) is 5.91 Å². The molecule has 1 aromatic carbocycles. The van der Waals surface area contributed by atoms with Gasteiger partial charge in [0.25, 0.3) is 0 Å². The number of ether oxygens (including phenoxy) is 1. The summed E-state index contributed by atoms with van der Waals surface area (Å²) >= 11 is 0. The van der Waals surface area contributed by atoms with Crippen molar-refractivity contribution in [3.63, 3.8) is 0 Å². The second-order valence-corrected chi connectivity index (χ2v) is 7.03. The summed E-state index contributed by atoms with van der Waals surface area (Å²) in [6, 6.07) is 7.11. The first-order chi connectivity index (χ1) is 12.2. The van der Waals surface area contributed by atoms with Crippen LogP contribution in [-0.4, -0.2) is 61.6 Å². The fraction of sp³-hybridized carbons (Fsp3) is 0.650. The average molecular weight is 345 g/mol. The molecule has 1 aliphatic heterocycles. The molecule has 0 bridgehead atoms. The molecule has 2 aliphatic rings. The van der Waals surface area contributed by atoms with Gasteiger partial charge in [0.2, 0.25) is 5.91 Å². The second kappa shape index (κ2) is 8.68. The van der Waals surface area contributed by atoms with Gasteiger partial charge < -0.3 is 10.1 Å². The van der Waals surface area contributed by atoms with Crippen LogP contribution in [-0.2, 0) is 11.2 Å². The number of aryl methyl sites for hydroxylation is 1. The van der Waals surface area contributed by atoms with Crippen molar-refractivity contribution >= 4 is 5.91 Å². The lowest BCUT2D eigenvalue weighted by molar-refractivity contribution is -0.122. The highest BCUT2D eigenvalue weighted by Gasteiger charge is 2.30. The molecule has 1 aromatic rings. The van der Waals surface area contributed by atoms with Crippen LogP contribution in [0.2, 0.25) is 0 Å². The Labute approximate surface area is 151 Å². The van der Waals surface area contributed by atoms with Crippen molar-refractivity contribution in [1.29, 1.82) is 0 Å². The molecular weight excluding hydrogens is 314 g/mol. The third kappa shape index (κ3) is 4.53. The lowest BCUT2D eigenvalue weighted by Gasteiger charge is -2.38. The zero-order chi connectivity index (χ0) is 17.6. The van der Waals surface area contributed by atoms with Crippen LogP contribution in [0.5, 0.6) is 5.75 Å². The molecule has 5 nitrogen and oxygen atoms in total. The highest BCUT2D eigenvalue weighted by molar-refractivity contribution is 5.77. The molecule has 0 aromatic heterocycles. The Morgan fingerprint density at radius 3 is 2.76 bits per heavy atom. The number of fused-ring (bicyclic) bond motifs is 1. The molecule has 1 heterocycles. The van der Waals surface area contributed by atoms with Gasteiger partial charge in [-0.15, -0.1) is 0 Å². The molecule has 138 valence electrons. The normalized spacial score (nSPS) is 21.1. The Morgan fingerprint density at radius 1 is 1.24 bits per heavy atom. The van der Waals surface area contributed by atoms with Crippen LogP contribution in [0.25, 0.3) is 0 Å². The van der Waals surface area contributed by atoms with Crippen molar-refractivity contribution < 1.29 is 9.53 Å². The second-order valence-electron chi connectivity index (χ2n) is 7.03. The van der Waals surface area contributed by atoms with Crippen molar-refractivity contribution in [3.8, 4) is 5.75 Å². The number of nitrogens with one attached hydrogen (secondary N) is 1. The molecule has 3 rings (SSSR count). The monoisotopic (exact) mass is 345 g/mol. The summed E-state index contributed by atoms with van der Waals surface area (Å²) in [5.41, 5.74) is 2.92. The number of carbonyl (C=O) groups excluding carboxylic acids is 1. The number of nitrogens with zero attached hydrogens (tertiary/aromatic N) is 2. The fourth-order valence-corrected chi connectivity index (χ4v) is 3.94. The van der Waals surface area contributed by atoms with Gasteiger partial charge in [-0.05, 0) is 49.4 Å². The van der Waals surface area contributed by atoms with E-state index in [0.717, 1.165) is 51.4 Å². The van der Waals surface area contributed by atoms with E-state index in [1.165, 1.54) is 17.5 Å². The number of likely N-dealkylation sites (N-methyl/N-ethyl adjacent to an activating group) is 1. The smallest absolute Gasteiger partial charge is 0.234 e. The van der Waals surface area contributed by atoms with Crippen LogP contribution >= 0.6 is 0 Å². The standard InChI is InChI=1S/C20H31N3O2/c1-3-13-25-17-7-5-16-6-8-19(18(16)14-17)23-11-9-22(10-12-23)15-20(24)21-4-2/h5,7,14,19H,3-4,6,8-13,15H2,1-2H3,(H,21,24). The first-order valence-electron chi connectivity index (χ1n) is 9.70. The Kier molecular flexibility index (Phi) is 6.32. The van der Waals surface area contributed by atoms with Gasteiger partial charge in [0, 0.05) is 38.8 Å². The van der Waals surface area contributed by atoms with E-state index in [1.807, 2.05) is 6.92 Å². The van der Waals surface area contributed by atoms with Crippen LogP contribution in [0.3, 0.4) is 0 Å². The first kappa shape index (κ1) is 18.2. The van der Waals surface area contributed by atoms with E-state index in [2.05, 4.69) is 40.2 Å². The maximum atomic E-state index is 11.8. The molecule has 1 aliphatic carbocycles. The lowest BCUT2D eigenvalue weighted by Crippen LogP contribution is -2.50. The first-order valence-corrected chi connectivity index (χ1v) is 9.70. The van der Waals surface area contributed by atoms with Gasteiger partial charge >= 0.3 is 0 Å². The average Bonchev–Trinajstić information content (AvgIpc) is 3.04. The maximum Gasteiger partial charge on any atom is 0.234 e. The molecule has 0 saturated carbocycles. The zero-order valence-corrected chi connectivity index (χ0v) is 15.6. The van der Waals surface area contributed by atoms with E-state index in [0.29, 0.717) is 19.1 Å². The highest BCUT2D eigenvalue weighted by atomic mass is 16.5. The minimum atomic E-state index is 0.139. The van der Waals surface area contributed by atoms with Crippen molar-refractivity contribution in [2.24, 2.45) is 0 Å². The summed E-state index contributed by atoms with van der Waals surface area (Å²) in [5, 5.41) is 2.89. The van der Waals surface area contributed by atoms with Gasteiger partial charge in [-0.3, -0.25) is 14.6 Å². The van der Waals surface area contributed by atoms with Crippen LogP contribution < -0.4 is 10.1 Å². The van der Waals surface area contributed by atoms with Crippen LogP contribution in [0.15, 0.2) is 18.2 Å². The summed E-state index contributed by atoms with van der Waals surface area (Å²) < 4.78 is 5.83. The number of amides is 1. The van der Waals surface area contributed by atoms with Gasteiger partial charge in [0.05, 0.1) is 13.2 Å². The molecule has 0 spiro atoms. The molecule has 1 unspecified atom stereocenters. The molecule has 1 amide bonds. The van der Waals surface area contributed by atoms with E-state index >= 15 is 0 Å². The quantitative estimate of drug-likeness (QED) is 0.823. The Balaban J connectivity index is 1.57. The van der Waals surface area contributed by atoms with Gasteiger partial charge in [-0.25, -0.2) is 0 Å². The summed E-state index contributed by atoms with van der Waals surface area (Å²) in [6.45, 7) is 10.1. The van der Waals surface area contributed by atoms with E-state index in [4.69, 9.17) is 4.74 Å². The number of carbonyl (C=O) groups is 1. The predicted octanol–water partition coefficient (Wildman–Crippen LogP) is 2.22. The van der Waals surface area contributed by atoms with Crippen LogP contribution in [0.4, 0.5) is 0 Å². The summed E-state index contributed by atoms with van der Waals surface area (Å²) in [6.07, 6.45) is 3.39. The lowest BCUT2D eigenvalue weighted by atomic mass is 10.1. The number of rotatable bonds is 7. The van der Waals surface area contributed by atoms with Crippen LogP contribution in [0.1, 0.15) is 43.9 Å². The van der Waals surface area contributed by atoms with E-state index in [1.54, 1.807) is 0 Å².